The molecule has 3 N–H and O–H groups in total. The monoisotopic (exact) mass is 425 g/mol. The fourth-order valence-corrected chi connectivity index (χ4v) is 4.09. The summed E-state index contributed by atoms with van der Waals surface area (Å²) in [5.74, 6) is -0.190. The Balaban J connectivity index is 1.44. The predicted octanol–water partition coefficient (Wildman–Crippen LogP) is 0.423. The van der Waals surface area contributed by atoms with E-state index < -0.39 is 5.69 Å². The standard InChI is InChI=1S/C21H27N7O3/c1-4-28-20(30)15-11-14(24-18(15)25-21(28)31)12-26-7-9-27(10-8-26)17-6-5-16(19(29)22-3)23-13(17)2/h5-6,11,24H,4,7-10,12H2,1-3H3,(H,22,29)(H,25,31). The molecule has 0 bridgehead atoms. The van der Waals surface area contributed by atoms with E-state index in [0.717, 1.165) is 43.3 Å². The highest BCUT2D eigenvalue weighted by molar-refractivity contribution is 5.92. The molecular formula is C21H27N7O3. The molecule has 0 radical (unpaired) electrons. The number of fused-ring (bicyclic) bond motifs is 1. The third-order valence-corrected chi connectivity index (χ3v) is 5.77. The number of nitrogens with zero attached hydrogens (tertiary/aromatic N) is 4. The van der Waals surface area contributed by atoms with Crippen molar-refractivity contribution < 1.29 is 4.79 Å². The Morgan fingerprint density at radius 3 is 2.55 bits per heavy atom. The molecule has 4 rings (SSSR count). The lowest BCUT2D eigenvalue weighted by Crippen LogP contribution is -2.46. The molecule has 0 aliphatic carbocycles. The molecule has 0 spiro atoms. The normalized spacial score (nSPS) is 14.9. The van der Waals surface area contributed by atoms with Gasteiger partial charge in [0.2, 0.25) is 0 Å². The van der Waals surface area contributed by atoms with Crippen LogP contribution in [0.15, 0.2) is 27.8 Å². The lowest BCUT2D eigenvalue weighted by molar-refractivity contribution is 0.0958. The Morgan fingerprint density at radius 2 is 1.90 bits per heavy atom. The second-order valence-electron chi connectivity index (χ2n) is 7.71. The Morgan fingerprint density at radius 1 is 1.16 bits per heavy atom. The molecule has 1 aliphatic heterocycles. The van der Waals surface area contributed by atoms with Gasteiger partial charge >= 0.3 is 5.69 Å². The molecule has 10 heteroatoms. The van der Waals surface area contributed by atoms with Crippen molar-refractivity contribution in [3.63, 3.8) is 0 Å². The highest BCUT2D eigenvalue weighted by atomic mass is 16.2. The van der Waals surface area contributed by atoms with Crippen molar-refractivity contribution in [3.05, 3.63) is 56.1 Å². The molecule has 0 atom stereocenters. The lowest BCUT2D eigenvalue weighted by Gasteiger charge is -2.36. The molecule has 164 valence electrons. The molecule has 0 saturated carbocycles. The third-order valence-electron chi connectivity index (χ3n) is 5.77. The number of amides is 1. The maximum Gasteiger partial charge on any atom is 0.329 e. The van der Waals surface area contributed by atoms with Crippen molar-refractivity contribution in [2.24, 2.45) is 0 Å². The highest BCUT2D eigenvalue weighted by Crippen LogP contribution is 2.21. The van der Waals surface area contributed by atoms with Crippen molar-refractivity contribution in [2.75, 3.05) is 38.1 Å². The van der Waals surface area contributed by atoms with Gasteiger partial charge in [0.1, 0.15) is 11.3 Å². The Labute approximate surface area is 178 Å². The van der Waals surface area contributed by atoms with Crippen LogP contribution in [0.25, 0.3) is 11.0 Å². The van der Waals surface area contributed by atoms with Gasteiger partial charge in [-0.1, -0.05) is 0 Å². The molecule has 3 aromatic heterocycles. The first-order chi connectivity index (χ1) is 14.9. The van der Waals surface area contributed by atoms with E-state index in [1.165, 1.54) is 4.57 Å². The van der Waals surface area contributed by atoms with E-state index in [1.54, 1.807) is 20.0 Å². The first kappa shape index (κ1) is 20.9. The summed E-state index contributed by atoms with van der Waals surface area (Å²) in [6.07, 6.45) is 0. The predicted molar refractivity (Wildman–Crippen MR) is 119 cm³/mol. The lowest BCUT2D eigenvalue weighted by atomic mass is 10.2. The minimum atomic E-state index is -0.395. The fraction of sp³-hybridized carbons (Fsp3) is 0.429. The third kappa shape index (κ3) is 3.98. The van der Waals surface area contributed by atoms with E-state index in [4.69, 9.17) is 0 Å². The number of piperazine rings is 1. The van der Waals surface area contributed by atoms with Gasteiger partial charge in [-0.25, -0.2) is 9.78 Å². The van der Waals surface area contributed by atoms with Crippen molar-refractivity contribution in [3.8, 4) is 0 Å². The largest absolute Gasteiger partial charge is 0.368 e. The summed E-state index contributed by atoms with van der Waals surface area (Å²) in [5, 5.41) is 3.10. The quantitative estimate of drug-likeness (QED) is 0.545. The van der Waals surface area contributed by atoms with Gasteiger partial charge in [0.25, 0.3) is 11.5 Å². The van der Waals surface area contributed by atoms with E-state index in [0.29, 0.717) is 29.8 Å². The Bertz CT molecular complexity index is 1230. The topological polar surface area (TPSA) is 119 Å². The summed E-state index contributed by atoms with van der Waals surface area (Å²) in [7, 11) is 1.59. The smallest absolute Gasteiger partial charge is 0.329 e. The van der Waals surface area contributed by atoms with Gasteiger partial charge in [-0.3, -0.25) is 24.0 Å². The molecule has 0 unspecified atom stereocenters. The fourth-order valence-electron chi connectivity index (χ4n) is 4.09. The highest BCUT2D eigenvalue weighted by Gasteiger charge is 2.21. The van der Waals surface area contributed by atoms with Gasteiger partial charge in [-0.05, 0) is 32.0 Å². The number of pyridine rings is 1. The molecule has 4 heterocycles. The zero-order valence-corrected chi connectivity index (χ0v) is 18.0. The van der Waals surface area contributed by atoms with E-state index >= 15 is 0 Å². The second-order valence-corrected chi connectivity index (χ2v) is 7.71. The molecule has 10 nitrogen and oxygen atoms in total. The van der Waals surface area contributed by atoms with Crippen molar-refractivity contribution >= 4 is 22.6 Å². The van der Waals surface area contributed by atoms with Gasteiger partial charge < -0.3 is 15.2 Å². The van der Waals surface area contributed by atoms with Crippen molar-refractivity contribution in [1.82, 2.24) is 29.7 Å². The van der Waals surface area contributed by atoms with Crippen LogP contribution in [-0.2, 0) is 13.1 Å². The second kappa shape index (κ2) is 8.38. The van der Waals surface area contributed by atoms with E-state index in [2.05, 4.69) is 30.1 Å². The number of aryl methyl sites for hydroxylation is 1. The van der Waals surface area contributed by atoms with Gasteiger partial charge in [0, 0.05) is 52.0 Å². The van der Waals surface area contributed by atoms with Crippen LogP contribution in [0.4, 0.5) is 5.69 Å². The van der Waals surface area contributed by atoms with Gasteiger partial charge in [0.15, 0.2) is 0 Å². The van der Waals surface area contributed by atoms with Gasteiger partial charge in [-0.15, -0.1) is 0 Å². The van der Waals surface area contributed by atoms with Crippen LogP contribution in [-0.4, -0.2) is 63.6 Å². The summed E-state index contributed by atoms with van der Waals surface area (Å²) in [4.78, 5) is 51.2. The summed E-state index contributed by atoms with van der Waals surface area (Å²) in [6.45, 7) is 8.07. The van der Waals surface area contributed by atoms with Crippen LogP contribution >= 0.6 is 0 Å². The molecule has 1 aliphatic rings. The number of hydrogen-bond donors (Lipinski definition) is 3. The number of nitrogens with one attached hydrogen (secondary N) is 3. The Hall–Kier alpha value is -3.40. The molecule has 0 aromatic carbocycles. The first-order valence-corrected chi connectivity index (χ1v) is 10.4. The average Bonchev–Trinajstić information content (AvgIpc) is 3.16. The van der Waals surface area contributed by atoms with E-state index in [9.17, 15) is 14.4 Å². The molecule has 1 saturated heterocycles. The maximum absolute atomic E-state index is 12.5. The van der Waals surface area contributed by atoms with Crippen molar-refractivity contribution in [2.45, 2.75) is 26.9 Å². The number of rotatable bonds is 5. The summed E-state index contributed by atoms with van der Waals surface area (Å²) in [6, 6.07) is 5.54. The SMILES string of the molecule is CCn1c(=O)[nH]c2[nH]c(CN3CCN(c4ccc(C(=O)NC)nc4C)CC3)cc2c1=O. The molecule has 1 fully saturated rings. The molecule has 31 heavy (non-hydrogen) atoms. The number of aromatic nitrogens is 4. The summed E-state index contributed by atoms with van der Waals surface area (Å²) >= 11 is 0. The zero-order chi connectivity index (χ0) is 22.1. The molecule has 3 aromatic rings. The van der Waals surface area contributed by atoms with Crippen LogP contribution < -0.4 is 21.5 Å². The van der Waals surface area contributed by atoms with Gasteiger partial charge in [-0.2, -0.15) is 0 Å². The maximum atomic E-state index is 12.5. The number of H-pyrrole nitrogens is 2. The Kier molecular flexibility index (Phi) is 5.64. The molecule has 1 amide bonds. The summed E-state index contributed by atoms with van der Waals surface area (Å²) in [5.41, 5.74) is 3.01. The minimum Gasteiger partial charge on any atom is -0.368 e. The van der Waals surface area contributed by atoms with E-state index in [1.807, 2.05) is 19.1 Å². The van der Waals surface area contributed by atoms with Crippen LogP contribution in [0, 0.1) is 6.92 Å². The minimum absolute atomic E-state index is 0.190. The number of aromatic amines is 2. The van der Waals surface area contributed by atoms with Crippen LogP contribution in [0.5, 0.6) is 0 Å². The number of carbonyl (C=O) groups is 1. The zero-order valence-electron chi connectivity index (χ0n) is 18.0. The van der Waals surface area contributed by atoms with Crippen LogP contribution in [0.1, 0.15) is 28.8 Å². The number of hydrogen-bond acceptors (Lipinski definition) is 6. The van der Waals surface area contributed by atoms with E-state index in [-0.39, 0.29) is 11.5 Å². The number of anilines is 1. The molecular weight excluding hydrogens is 398 g/mol. The first-order valence-electron chi connectivity index (χ1n) is 10.4. The number of carbonyl (C=O) groups excluding carboxylic acids is 1. The average molecular weight is 425 g/mol. The summed E-state index contributed by atoms with van der Waals surface area (Å²) < 4.78 is 1.20. The van der Waals surface area contributed by atoms with Gasteiger partial charge in [0.05, 0.1) is 16.8 Å². The van der Waals surface area contributed by atoms with Crippen LogP contribution in [0.3, 0.4) is 0 Å². The van der Waals surface area contributed by atoms with Crippen LogP contribution in [0.2, 0.25) is 0 Å². The van der Waals surface area contributed by atoms with Crippen molar-refractivity contribution in [1.29, 1.82) is 0 Å².